The van der Waals surface area contributed by atoms with E-state index in [2.05, 4.69) is 4.99 Å². The van der Waals surface area contributed by atoms with Gasteiger partial charge in [-0.2, -0.15) is 0 Å². The number of amidine groups is 1. The Morgan fingerprint density at radius 3 is 2.63 bits per heavy atom. The van der Waals surface area contributed by atoms with Crippen molar-refractivity contribution in [2.24, 2.45) is 4.99 Å². The van der Waals surface area contributed by atoms with Gasteiger partial charge in [0.1, 0.15) is 11.5 Å². The summed E-state index contributed by atoms with van der Waals surface area (Å²) in [6, 6.07) is 12.1. The van der Waals surface area contributed by atoms with Gasteiger partial charge in [0.15, 0.2) is 5.17 Å². The number of nitrogens with zero attached hydrogens (tertiary/aromatic N) is 2. The molecule has 27 heavy (non-hydrogen) atoms. The third-order valence-corrected chi connectivity index (χ3v) is 5.09. The quantitative estimate of drug-likeness (QED) is 0.709. The molecule has 2 aromatic carbocycles. The fourth-order valence-electron chi connectivity index (χ4n) is 2.55. The highest BCUT2D eigenvalue weighted by atomic mass is 35.5. The number of thioether (sulfide) groups is 1. The minimum Gasteiger partial charge on any atom is -0.507 e. The van der Waals surface area contributed by atoms with Gasteiger partial charge in [-0.05, 0) is 74.1 Å². The fourth-order valence-corrected chi connectivity index (χ4v) is 3.78. The number of aromatic hydroxyl groups is 1. The van der Waals surface area contributed by atoms with E-state index in [0.29, 0.717) is 33.8 Å². The summed E-state index contributed by atoms with van der Waals surface area (Å²) in [5.74, 6) is 0.702. The van der Waals surface area contributed by atoms with Crippen LogP contribution in [0.15, 0.2) is 52.4 Å². The molecule has 1 heterocycles. The lowest BCUT2D eigenvalue weighted by Crippen LogP contribution is -2.28. The van der Waals surface area contributed by atoms with Gasteiger partial charge in [0.05, 0.1) is 17.2 Å². The van der Waals surface area contributed by atoms with Gasteiger partial charge in [0, 0.05) is 17.1 Å². The molecular formula is C20H19ClN2O3S. The number of carbonyl (C=O) groups is 1. The summed E-state index contributed by atoms with van der Waals surface area (Å²) in [5.41, 5.74) is 1.23. The van der Waals surface area contributed by atoms with Crippen LogP contribution in [-0.4, -0.2) is 34.2 Å². The Morgan fingerprint density at radius 2 is 1.96 bits per heavy atom. The van der Waals surface area contributed by atoms with Crippen LogP contribution in [0, 0.1) is 0 Å². The van der Waals surface area contributed by atoms with Crippen molar-refractivity contribution >= 4 is 46.2 Å². The van der Waals surface area contributed by atoms with Crippen molar-refractivity contribution in [2.45, 2.75) is 13.8 Å². The predicted molar refractivity (Wildman–Crippen MR) is 111 cm³/mol. The van der Waals surface area contributed by atoms with E-state index in [1.54, 1.807) is 23.1 Å². The van der Waals surface area contributed by atoms with Crippen molar-refractivity contribution in [3.63, 3.8) is 0 Å². The van der Waals surface area contributed by atoms with Gasteiger partial charge in [0.25, 0.3) is 5.91 Å². The molecule has 1 fully saturated rings. The molecule has 7 heteroatoms. The number of halogens is 1. The first-order valence-corrected chi connectivity index (χ1v) is 9.72. The molecule has 0 atom stereocenters. The zero-order valence-electron chi connectivity index (χ0n) is 15.0. The maximum Gasteiger partial charge on any atom is 0.266 e. The van der Waals surface area contributed by atoms with Crippen molar-refractivity contribution in [1.29, 1.82) is 0 Å². The molecule has 0 radical (unpaired) electrons. The van der Waals surface area contributed by atoms with Crippen LogP contribution in [-0.2, 0) is 4.79 Å². The van der Waals surface area contributed by atoms with E-state index in [0.717, 1.165) is 11.4 Å². The summed E-state index contributed by atoms with van der Waals surface area (Å²) in [5, 5.41) is 11.1. The number of hydrogen-bond donors (Lipinski definition) is 1. The normalized spacial score (nSPS) is 17.1. The number of phenolic OH excluding ortho intramolecular Hbond substituents is 1. The molecule has 140 valence electrons. The zero-order chi connectivity index (χ0) is 19.4. The molecule has 0 saturated carbocycles. The molecule has 1 amide bonds. The molecule has 0 spiro atoms. The fraction of sp³-hybridized carbons (Fsp3) is 0.200. The van der Waals surface area contributed by atoms with E-state index in [-0.39, 0.29) is 11.7 Å². The highest BCUT2D eigenvalue weighted by molar-refractivity contribution is 8.18. The molecule has 1 N–H and O–H groups in total. The summed E-state index contributed by atoms with van der Waals surface area (Å²) in [7, 11) is 0. The Labute approximate surface area is 167 Å². The van der Waals surface area contributed by atoms with E-state index in [1.807, 2.05) is 38.1 Å². The van der Waals surface area contributed by atoms with Gasteiger partial charge in [0.2, 0.25) is 0 Å². The molecule has 1 aliphatic heterocycles. The lowest BCUT2D eigenvalue weighted by molar-refractivity contribution is -0.122. The Kier molecular flexibility index (Phi) is 6.08. The largest absolute Gasteiger partial charge is 0.507 e. The van der Waals surface area contributed by atoms with Gasteiger partial charge < -0.3 is 9.84 Å². The second kappa shape index (κ2) is 8.50. The van der Waals surface area contributed by atoms with Crippen LogP contribution in [0.25, 0.3) is 6.08 Å². The molecule has 3 rings (SSSR count). The average molecular weight is 403 g/mol. The molecule has 2 aromatic rings. The monoisotopic (exact) mass is 402 g/mol. The second-order valence-electron chi connectivity index (χ2n) is 5.68. The van der Waals surface area contributed by atoms with E-state index >= 15 is 0 Å². The van der Waals surface area contributed by atoms with Crippen molar-refractivity contribution in [1.82, 2.24) is 4.90 Å². The summed E-state index contributed by atoms with van der Waals surface area (Å²) >= 11 is 7.26. The molecular weight excluding hydrogens is 384 g/mol. The topological polar surface area (TPSA) is 62.1 Å². The summed E-state index contributed by atoms with van der Waals surface area (Å²) in [6.07, 6.45) is 1.64. The number of likely N-dealkylation sites (N-methyl/N-ethyl adjacent to an activating group) is 1. The summed E-state index contributed by atoms with van der Waals surface area (Å²) < 4.78 is 5.43. The average Bonchev–Trinajstić information content (AvgIpc) is 2.94. The number of hydrogen-bond acceptors (Lipinski definition) is 5. The molecule has 1 aliphatic rings. The number of aliphatic imine (C=N–C) groups is 1. The van der Waals surface area contributed by atoms with Gasteiger partial charge in [-0.3, -0.25) is 9.69 Å². The molecule has 0 bridgehead atoms. The third kappa shape index (κ3) is 4.46. The molecule has 0 aliphatic carbocycles. The second-order valence-corrected chi connectivity index (χ2v) is 7.13. The lowest BCUT2D eigenvalue weighted by Gasteiger charge is -2.12. The minimum atomic E-state index is -0.147. The van der Waals surface area contributed by atoms with Crippen LogP contribution < -0.4 is 4.74 Å². The number of benzene rings is 2. The number of phenols is 1. The smallest absolute Gasteiger partial charge is 0.266 e. The van der Waals surface area contributed by atoms with Crippen LogP contribution in [0.4, 0.5) is 5.69 Å². The Hall–Kier alpha value is -2.44. The highest BCUT2D eigenvalue weighted by Crippen LogP contribution is 2.36. The SMILES string of the molecule is CCOc1ccc(N=C2S/C(=C/c3cc(Cl)ccc3O)C(=O)N2CC)cc1. The van der Waals surface area contributed by atoms with Gasteiger partial charge in [-0.15, -0.1) is 0 Å². The summed E-state index contributed by atoms with van der Waals surface area (Å²) in [6.45, 7) is 4.93. The summed E-state index contributed by atoms with van der Waals surface area (Å²) in [4.78, 5) is 19.4. The maximum atomic E-state index is 12.7. The van der Waals surface area contributed by atoms with E-state index in [1.165, 1.54) is 17.8 Å². The van der Waals surface area contributed by atoms with Crippen LogP contribution in [0.2, 0.25) is 5.02 Å². The van der Waals surface area contributed by atoms with Gasteiger partial charge >= 0.3 is 0 Å². The van der Waals surface area contributed by atoms with Crippen LogP contribution in [0.5, 0.6) is 11.5 Å². The highest BCUT2D eigenvalue weighted by Gasteiger charge is 2.32. The van der Waals surface area contributed by atoms with E-state index < -0.39 is 0 Å². The van der Waals surface area contributed by atoms with Crippen LogP contribution in [0.1, 0.15) is 19.4 Å². The maximum absolute atomic E-state index is 12.7. The van der Waals surface area contributed by atoms with Crippen molar-refractivity contribution < 1.29 is 14.6 Å². The number of rotatable bonds is 5. The van der Waals surface area contributed by atoms with Gasteiger partial charge in [-0.25, -0.2) is 4.99 Å². The molecule has 1 saturated heterocycles. The first-order chi connectivity index (χ1) is 13.0. The number of amides is 1. The molecule has 5 nitrogen and oxygen atoms in total. The van der Waals surface area contributed by atoms with Gasteiger partial charge in [-0.1, -0.05) is 11.6 Å². The number of carbonyl (C=O) groups excluding carboxylic acids is 1. The van der Waals surface area contributed by atoms with E-state index in [4.69, 9.17) is 16.3 Å². The van der Waals surface area contributed by atoms with Crippen molar-refractivity contribution in [2.75, 3.05) is 13.2 Å². The lowest BCUT2D eigenvalue weighted by atomic mass is 10.2. The first-order valence-electron chi connectivity index (χ1n) is 8.53. The number of ether oxygens (including phenoxy) is 1. The Bertz CT molecular complexity index is 910. The molecule has 0 unspecified atom stereocenters. The van der Waals surface area contributed by atoms with Crippen molar-refractivity contribution in [3.05, 3.63) is 58.0 Å². The Balaban J connectivity index is 1.90. The minimum absolute atomic E-state index is 0.0697. The first kappa shape index (κ1) is 19.3. The Morgan fingerprint density at radius 1 is 1.22 bits per heavy atom. The van der Waals surface area contributed by atoms with Crippen molar-refractivity contribution in [3.8, 4) is 11.5 Å². The van der Waals surface area contributed by atoms with E-state index in [9.17, 15) is 9.90 Å². The zero-order valence-corrected chi connectivity index (χ0v) is 16.5. The molecule has 0 aromatic heterocycles. The van der Waals surface area contributed by atoms with Crippen LogP contribution >= 0.6 is 23.4 Å². The predicted octanol–water partition coefficient (Wildman–Crippen LogP) is 5.07. The van der Waals surface area contributed by atoms with Crippen LogP contribution in [0.3, 0.4) is 0 Å². The standard InChI is InChI=1S/C20H19ClN2O3S/c1-3-23-19(25)18(12-13-11-14(21)5-10-17(13)24)27-20(23)22-15-6-8-16(9-7-15)26-4-2/h5-12,24H,3-4H2,1-2H3/b18-12+,22-20?. The third-order valence-electron chi connectivity index (χ3n) is 3.85.